The summed E-state index contributed by atoms with van der Waals surface area (Å²) in [5.41, 5.74) is 3.66. The number of amides is 2. The molecule has 0 aliphatic heterocycles. The number of nitrogens with one attached hydrogen (secondary N) is 1. The number of primary amides is 1. The Kier molecular flexibility index (Phi) is 9.60. The molecule has 1 fully saturated rings. The fourth-order valence-electron chi connectivity index (χ4n) is 5.58. The number of ether oxygens (including phenoxy) is 2. The smallest absolute Gasteiger partial charge is 0.417 e. The van der Waals surface area contributed by atoms with Crippen LogP contribution in [-0.2, 0) is 23.0 Å². The number of fused-ring (bicyclic) bond motifs is 1. The third-order valence-corrected chi connectivity index (χ3v) is 8.50. The van der Waals surface area contributed by atoms with E-state index in [0.29, 0.717) is 24.6 Å². The van der Waals surface area contributed by atoms with E-state index in [1.807, 2.05) is 0 Å². The Labute approximate surface area is 272 Å². The van der Waals surface area contributed by atoms with Crippen LogP contribution in [-0.4, -0.2) is 47.2 Å². The van der Waals surface area contributed by atoms with Crippen LogP contribution in [0.2, 0.25) is 5.02 Å². The van der Waals surface area contributed by atoms with Crippen LogP contribution in [0, 0.1) is 11.7 Å². The van der Waals surface area contributed by atoms with Crippen LogP contribution in [0.25, 0.3) is 22.2 Å². The molecule has 248 valence electrons. The number of pyridine rings is 2. The number of alkyl halides is 3. The van der Waals surface area contributed by atoms with Gasteiger partial charge in [-0.05, 0) is 62.1 Å². The number of halogens is 5. The van der Waals surface area contributed by atoms with Crippen LogP contribution < -0.4 is 20.5 Å². The highest BCUT2D eigenvalue weighted by molar-refractivity contribution is 6.30. The zero-order valence-electron chi connectivity index (χ0n) is 25.4. The lowest BCUT2D eigenvalue weighted by atomic mass is 9.70. The minimum Gasteiger partial charge on any atom is -0.494 e. The molecule has 1 aliphatic rings. The first-order valence-corrected chi connectivity index (χ1v) is 15.1. The first-order chi connectivity index (χ1) is 22.2. The number of aromatic nitrogens is 2. The Hall–Kier alpha value is -4.49. The molecule has 0 saturated heterocycles. The van der Waals surface area contributed by atoms with Gasteiger partial charge in [0.1, 0.15) is 34.1 Å². The van der Waals surface area contributed by atoms with E-state index in [2.05, 4.69) is 10.3 Å². The van der Waals surface area contributed by atoms with Gasteiger partial charge in [0.2, 0.25) is 5.91 Å². The fraction of sp³-hybridized carbons (Fsp3) is 0.333. The van der Waals surface area contributed by atoms with Crippen molar-refractivity contribution in [2.75, 3.05) is 20.3 Å². The van der Waals surface area contributed by atoms with E-state index in [-0.39, 0.29) is 75.4 Å². The predicted octanol–water partition coefficient (Wildman–Crippen LogP) is 5.96. The van der Waals surface area contributed by atoms with Crippen LogP contribution in [0.15, 0.2) is 48.7 Å². The molecule has 5 rings (SSSR count). The summed E-state index contributed by atoms with van der Waals surface area (Å²) in [6, 6.07) is 8.97. The molecule has 4 N–H and O–H groups in total. The van der Waals surface area contributed by atoms with Gasteiger partial charge in [-0.1, -0.05) is 24.1 Å². The molecule has 1 aliphatic carbocycles. The van der Waals surface area contributed by atoms with Gasteiger partial charge < -0.3 is 25.6 Å². The van der Waals surface area contributed by atoms with Crippen LogP contribution in [0.5, 0.6) is 11.5 Å². The highest BCUT2D eigenvalue weighted by Crippen LogP contribution is 2.44. The SMILES string of the molecule is CCOc1c(CC(N)=O)cc([C@@](O)(CNC(=O)c2cc(OC)c3ncc(C(F)(F)F)cc3c2)C2CCC2)nc1-c1ccc(Cl)c(F)c1. The highest BCUT2D eigenvalue weighted by atomic mass is 35.5. The average Bonchev–Trinajstić information content (AvgIpc) is 2.99. The first kappa shape index (κ1) is 33.9. The van der Waals surface area contributed by atoms with Crippen LogP contribution >= 0.6 is 11.6 Å². The maximum atomic E-state index is 14.6. The molecule has 0 spiro atoms. The quantitative estimate of drug-likeness (QED) is 0.167. The molecule has 4 aromatic rings. The second kappa shape index (κ2) is 13.3. The second-order valence-electron chi connectivity index (χ2n) is 11.3. The Morgan fingerprint density at radius 3 is 2.49 bits per heavy atom. The number of benzene rings is 2. The number of nitrogens with zero attached hydrogens (tertiary/aromatic N) is 2. The molecule has 0 radical (unpaired) electrons. The molecule has 2 heterocycles. The van der Waals surface area contributed by atoms with Crippen molar-refractivity contribution in [3.63, 3.8) is 0 Å². The van der Waals surface area contributed by atoms with Crippen LogP contribution in [0.1, 0.15) is 53.4 Å². The van der Waals surface area contributed by atoms with Crippen molar-refractivity contribution in [1.29, 1.82) is 0 Å². The fourth-order valence-corrected chi connectivity index (χ4v) is 5.69. The summed E-state index contributed by atoms with van der Waals surface area (Å²) < 4.78 is 65.9. The van der Waals surface area contributed by atoms with E-state index in [0.717, 1.165) is 18.6 Å². The molecule has 14 heteroatoms. The monoisotopic (exact) mass is 674 g/mol. The maximum absolute atomic E-state index is 14.6. The summed E-state index contributed by atoms with van der Waals surface area (Å²) in [5.74, 6) is -2.23. The van der Waals surface area contributed by atoms with Crippen molar-refractivity contribution in [3.05, 3.63) is 81.9 Å². The Bertz CT molecular complexity index is 1850. The van der Waals surface area contributed by atoms with Crippen molar-refractivity contribution >= 4 is 34.3 Å². The highest BCUT2D eigenvalue weighted by Gasteiger charge is 2.44. The van der Waals surface area contributed by atoms with Gasteiger partial charge in [-0.2, -0.15) is 13.2 Å². The van der Waals surface area contributed by atoms with Gasteiger partial charge in [-0.3, -0.25) is 14.6 Å². The van der Waals surface area contributed by atoms with E-state index in [4.69, 9.17) is 31.8 Å². The number of nitrogens with two attached hydrogens (primary N) is 1. The molecular formula is C33H31ClF4N4O5. The van der Waals surface area contributed by atoms with Gasteiger partial charge in [0.15, 0.2) is 0 Å². The van der Waals surface area contributed by atoms with Crippen molar-refractivity contribution in [2.24, 2.45) is 11.7 Å². The minimum atomic E-state index is -4.65. The minimum absolute atomic E-state index is 0.0298. The molecule has 2 aromatic carbocycles. The lowest BCUT2D eigenvalue weighted by Crippen LogP contribution is -2.49. The summed E-state index contributed by atoms with van der Waals surface area (Å²) in [4.78, 5) is 34.2. The van der Waals surface area contributed by atoms with E-state index in [1.54, 1.807) is 6.92 Å². The van der Waals surface area contributed by atoms with Gasteiger partial charge >= 0.3 is 6.18 Å². The molecule has 9 nitrogen and oxygen atoms in total. The molecule has 47 heavy (non-hydrogen) atoms. The summed E-state index contributed by atoms with van der Waals surface area (Å²) >= 11 is 5.91. The van der Waals surface area contributed by atoms with Crippen LogP contribution in [0.4, 0.5) is 17.6 Å². The zero-order valence-corrected chi connectivity index (χ0v) is 26.1. The number of carbonyl (C=O) groups is 2. The lowest BCUT2D eigenvalue weighted by Gasteiger charge is -2.41. The van der Waals surface area contributed by atoms with Gasteiger partial charge in [-0.15, -0.1) is 0 Å². The Morgan fingerprint density at radius 2 is 1.89 bits per heavy atom. The molecule has 1 atom stereocenters. The van der Waals surface area contributed by atoms with Crippen molar-refractivity contribution in [3.8, 4) is 22.8 Å². The Morgan fingerprint density at radius 1 is 1.15 bits per heavy atom. The number of aliphatic hydroxyl groups is 1. The second-order valence-corrected chi connectivity index (χ2v) is 11.7. The molecule has 0 bridgehead atoms. The summed E-state index contributed by atoms with van der Waals surface area (Å²) in [5, 5.41) is 14.9. The van der Waals surface area contributed by atoms with Gasteiger partial charge in [0.25, 0.3) is 5.91 Å². The number of hydrogen-bond acceptors (Lipinski definition) is 7. The number of hydrogen-bond donors (Lipinski definition) is 3. The van der Waals surface area contributed by atoms with Gasteiger partial charge in [-0.25, -0.2) is 9.37 Å². The number of rotatable bonds is 11. The van der Waals surface area contributed by atoms with Gasteiger partial charge in [0.05, 0.1) is 43.0 Å². The number of methoxy groups -OCH3 is 1. The van der Waals surface area contributed by atoms with Gasteiger partial charge in [0, 0.05) is 28.3 Å². The largest absolute Gasteiger partial charge is 0.494 e. The molecule has 0 unspecified atom stereocenters. The van der Waals surface area contributed by atoms with E-state index in [9.17, 15) is 32.3 Å². The first-order valence-electron chi connectivity index (χ1n) is 14.7. The van der Waals surface area contributed by atoms with E-state index < -0.39 is 35.0 Å². The summed E-state index contributed by atoms with van der Waals surface area (Å²) in [6.07, 6.45) is -2.27. The van der Waals surface area contributed by atoms with Crippen LogP contribution in [0.3, 0.4) is 0 Å². The lowest BCUT2D eigenvalue weighted by molar-refractivity contribution is -0.137. The molecular weight excluding hydrogens is 644 g/mol. The van der Waals surface area contributed by atoms with E-state index >= 15 is 0 Å². The van der Waals surface area contributed by atoms with Crippen molar-refractivity contribution in [2.45, 2.75) is 44.4 Å². The molecule has 2 amide bonds. The summed E-state index contributed by atoms with van der Waals surface area (Å²) in [7, 11) is 1.30. The normalized spacial score (nSPS) is 14.7. The van der Waals surface area contributed by atoms with E-state index in [1.165, 1.54) is 37.4 Å². The van der Waals surface area contributed by atoms with Crippen molar-refractivity contribution in [1.82, 2.24) is 15.3 Å². The predicted molar refractivity (Wildman–Crippen MR) is 166 cm³/mol. The third kappa shape index (κ3) is 6.96. The topological polar surface area (TPSA) is 137 Å². The number of carbonyl (C=O) groups excluding carboxylic acids is 2. The third-order valence-electron chi connectivity index (χ3n) is 8.20. The zero-order chi connectivity index (χ0) is 34.1. The summed E-state index contributed by atoms with van der Waals surface area (Å²) in [6.45, 7) is 1.54. The standard InChI is InChI=1S/C33H31ClF4N4O5/c1-3-47-30-19(14-27(39)43)13-26(42-29(30)17-7-8-23(34)24(35)11-17)32(45,21-5-4-6-21)16-41-31(44)20-9-18-10-22(33(36,37)38)15-40-28(18)25(12-20)46-2/h7-13,15,21,45H,3-6,14,16H2,1-2H3,(H2,39,43)(H,41,44)/t32-/m1/s1. The Balaban J connectivity index is 1.56. The van der Waals surface area contributed by atoms with Crippen molar-refractivity contribution < 1.29 is 41.7 Å². The molecule has 2 aromatic heterocycles. The average molecular weight is 675 g/mol. The maximum Gasteiger partial charge on any atom is 0.417 e. The molecule has 1 saturated carbocycles.